The summed E-state index contributed by atoms with van der Waals surface area (Å²) in [7, 11) is 0. The van der Waals surface area contributed by atoms with E-state index in [0.29, 0.717) is 18.5 Å². The molecule has 1 unspecified atom stereocenters. The first-order chi connectivity index (χ1) is 12.0. The van der Waals surface area contributed by atoms with Crippen LogP contribution in [0.15, 0.2) is 29.6 Å². The number of nitrogens with zero attached hydrogens (tertiary/aromatic N) is 1. The van der Waals surface area contributed by atoms with Crippen molar-refractivity contribution < 1.29 is 18.7 Å². The lowest BCUT2D eigenvalue weighted by Gasteiger charge is -2.18. The van der Waals surface area contributed by atoms with Crippen LogP contribution in [0.3, 0.4) is 0 Å². The van der Waals surface area contributed by atoms with Gasteiger partial charge < -0.3 is 15.8 Å². The van der Waals surface area contributed by atoms with E-state index in [1.165, 1.54) is 35.6 Å². The Kier molecular flexibility index (Phi) is 9.18. The predicted octanol–water partition coefficient (Wildman–Crippen LogP) is 2.63. The van der Waals surface area contributed by atoms with E-state index in [0.717, 1.165) is 5.01 Å². The molecule has 9 heteroatoms. The van der Waals surface area contributed by atoms with Crippen LogP contribution >= 0.6 is 23.7 Å². The molecule has 0 bridgehead atoms. The number of thiazole rings is 1. The first kappa shape index (κ1) is 22.0. The fourth-order valence-corrected chi connectivity index (χ4v) is 3.01. The second kappa shape index (κ2) is 10.8. The van der Waals surface area contributed by atoms with E-state index >= 15 is 0 Å². The molecule has 1 heterocycles. The van der Waals surface area contributed by atoms with Crippen LogP contribution in [0.4, 0.5) is 4.39 Å². The van der Waals surface area contributed by atoms with Crippen molar-refractivity contribution in [1.29, 1.82) is 0 Å². The Morgan fingerprint density at radius 3 is 2.65 bits per heavy atom. The second-order valence-electron chi connectivity index (χ2n) is 5.25. The van der Waals surface area contributed by atoms with Crippen LogP contribution in [0.5, 0.6) is 0 Å². The number of carbonyl (C=O) groups is 2. The lowest BCUT2D eigenvalue weighted by molar-refractivity contribution is -0.143. The molecule has 0 spiro atoms. The summed E-state index contributed by atoms with van der Waals surface area (Å²) in [6, 6.07) is 4.98. The quantitative estimate of drug-likeness (QED) is 0.663. The average Bonchev–Trinajstić information content (AvgIpc) is 3.04. The van der Waals surface area contributed by atoms with Gasteiger partial charge in [-0.3, -0.25) is 9.59 Å². The summed E-state index contributed by atoms with van der Waals surface area (Å²) in [5, 5.41) is 5.18. The zero-order chi connectivity index (χ0) is 18.2. The van der Waals surface area contributed by atoms with Crippen molar-refractivity contribution in [3.05, 3.63) is 51.7 Å². The summed E-state index contributed by atoms with van der Waals surface area (Å²) in [5.41, 5.74) is 6.36. The summed E-state index contributed by atoms with van der Waals surface area (Å²) in [4.78, 5) is 28.5. The van der Waals surface area contributed by atoms with Crippen molar-refractivity contribution in [1.82, 2.24) is 10.3 Å². The fraction of sp³-hybridized carbons (Fsp3) is 0.353. The minimum Gasteiger partial charge on any atom is -0.466 e. The number of hydrogen-bond acceptors (Lipinski definition) is 6. The molecule has 2 aromatic rings. The number of carbonyl (C=O) groups excluding carboxylic acids is 2. The molecule has 1 amide bonds. The van der Waals surface area contributed by atoms with E-state index in [2.05, 4.69) is 10.3 Å². The van der Waals surface area contributed by atoms with Gasteiger partial charge in [0.05, 0.1) is 24.1 Å². The molecule has 6 nitrogen and oxygen atoms in total. The SMILES string of the molecule is CCOC(=O)CC(NC(=O)c1csc(CCN)n1)c1ccc(F)cc1.Cl. The van der Waals surface area contributed by atoms with Gasteiger partial charge in [-0.1, -0.05) is 12.1 Å². The summed E-state index contributed by atoms with van der Waals surface area (Å²) in [6.45, 7) is 2.41. The van der Waals surface area contributed by atoms with Gasteiger partial charge in [0.15, 0.2) is 0 Å². The van der Waals surface area contributed by atoms with Gasteiger partial charge in [-0.25, -0.2) is 9.37 Å². The van der Waals surface area contributed by atoms with E-state index in [1.54, 1.807) is 12.3 Å². The Balaban J connectivity index is 0.00000338. The maximum atomic E-state index is 13.1. The summed E-state index contributed by atoms with van der Waals surface area (Å²) in [5.74, 6) is -1.24. The molecule has 0 fully saturated rings. The van der Waals surface area contributed by atoms with Gasteiger partial charge in [-0.15, -0.1) is 23.7 Å². The minimum atomic E-state index is -0.633. The number of esters is 1. The van der Waals surface area contributed by atoms with Gasteiger partial charge in [-0.05, 0) is 31.2 Å². The van der Waals surface area contributed by atoms with Gasteiger partial charge in [0.1, 0.15) is 11.5 Å². The molecule has 0 radical (unpaired) electrons. The molecular weight excluding hydrogens is 381 g/mol. The molecule has 0 aliphatic heterocycles. The largest absolute Gasteiger partial charge is 0.466 e. The average molecular weight is 402 g/mol. The number of rotatable bonds is 8. The number of halogens is 2. The normalized spacial score (nSPS) is 11.3. The molecule has 2 rings (SSSR count). The molecular formula is C17H21ClFN3O3S. The molecule has 142 valence electrons. The van der Waals surface area contributed by atoms with E-state index in [9.17, 15) is 14.0 Å². The van der Waals surface area contributed by atoms with Crippen molar-refractivity contribution in [2.45, 2.75) is 25.8 Å². The lowest BCUT2D eigenvalue weighted by Crippen LogP contribution is -2.31. The third-order valence-electron chi connectivity index (χ3n) is 3.40. The van der Waals surface area contributed by atoms with Crippen LogP contribution in [0.2, 0.25) is 0 Å². The van der Waals surface area contributed by atoms with E-state index in [1.807, 2.05) is 0 Å². The summed E-state index contributed by atoms with van der Waals surface area (Å²) < 4.78 is 18.1. The van der Waals surface area contributed by atoms with Crippen molar-refractivity contribution >= 4 is 35.6 Å². The maximum Gasteiger partial charge on any atom is 0.308 e. The number of benzene rings is 1. The first-order valence-electron chi connectivity index (χ1n) is 7.90. The lowest BCUT2D eigenvalue weighted by atomic mass is 10.0. The van der Waals surface area contributed by atoms with Gasteiger partial charge in [0, 0.05) is 11.8 Å². The third-order valence-corrected chi connectivity index (χ3v) is 4.31. The Morgan fingerprint density at radius 2 is 2.04 bits per heavy atom. The maximum absolute atomic E-state index is 13.1. The summed E-state index contributed by atoms with van der Waals surface area (Å²) in [6.07, 6.45) is 0.549. The van der Waals surface area contributed by atoms with Crippen LogP contribution in [0.1, 0.15) is 40.4 Å². The highest BCUT2D eigenvalue weighted by atomic mass is 35.5. The Bertz CT molecular complexity index is 724. The zero-order valence-corrected chi connectivity index (χ0v) is 15.9. The number of hydrogen-bond donors (Lipinski definition) is 2. The molecule has 26 heavy (non-hydrogen) atoms. The van der Waals surface area contributed by atoms with Crippen molar-refractivity contribution in [2.75, 3.05) is 13.2 Å². The fourth-order valence-electron chi connectivity index (χ4n) is 2.22. The van der Waals surface area contributed by atoms with Crippen LogP contribution in [0.25, 0.3) is 0 Å². The Labute approximate surface area is 161 Å². The highest BCUT2D eigenvalue weighted by molar-refractivity contribution is 7.09. The number of nitrogens with two attached hydrogens (primary N) is 1. The third kappa shape index (κ3) is 6.36. The number of amides is 1. The molecule has 0 saturated heterocycles. The molecule has 1 aromatic carbocycles. The summed E-state index contributed by atoms with van der Waals surface area (Å²) >= 11 is 1.36. The van der Waals surface area contributed by atoms with E-state index in [-0.39, 0.29) is 31.1 Å². The predicted molar refractivity (Wildman–Crippen MR) is 100.0 cm³/mol. The van der Waals surface area contributed by atoms with Crippen LogP contribution in [0, 0.1) is 5.82 Å². The monoisotopic (exact) mass is 401 g/mol. The molecule has 0 saturated carbocycles. The van der Waals surface area contributed by atoms with Crippen molar-refractivity contribution in [3.8, 4) is 0 Å². The first-order valence-corrected chi connectivity index (χ1v) is 8.77. The number of aromatic nitrogens is 1. The molecule has 3 N–H and O–H groups in total. The van der Waals surface area contributed by atoms with E-state index < -0.39 is 23.7 Å². The van der Waals surface area contributed by atoms with Crippen molar-refractivity contribution in [2.24, 2.45) is 5.73 Å². The van der Waals surface area contributed by atoms with Gasteiger partial charge in [0.2, 0.25) is 0 Å². The Hall–Kier alpha value is -2.03. The number of ether oxygens (including phenoxy) is 1. The topological polar surface area (TPSA) is 94.3 Å². The van der Waals surface area contributed by atoms with Gasteiger partial charge in [0.25, 0.3) is 5.91 Å². The molecule has 0 aliphatic rings. The van der Waals surface area contributed by atoms with E-state index in [4.69, 9.17) is 10.5 Å². The highest BCUT2D eigenvalue weighted by Crippen LogP contribution is 2.19. The van der Waals surface area contributed by atoms with Gasteiger partial charge in [-0.2, -0.15) is 0 Å². The van der Waals surface area contributed by atoms with Crippen molar-refractivity contribution in [3.63, 3.8) is 0 Å². The second-order valence-corrected chi connectivity index (χ2v) is 6.19. The Morgan fingerprint density at radius 1 is 1.35 bits per heavy atom. The molecule has 1 atom stereocenters. The molecule has 0 aliphatic carbocycles. The minimum absolute atomic E-state index is 0. The van der Waals surface area contributed by atoms with Crippen LogP contribution in [-0.4, -0.2) is 30.0 Å². The van der Waals surface area contributed by atoms with Gasteiger partial charge >= 0.3 is 5.97 Å². The van der Waals surface area contributed by atoms with Crippen LogP contribution < -0.4 is 11.1 Å². The smallest absolute Gasteiger partial charge is 0.308 e. The zero-order valence-electron chi connectivity index (χ0n) is 14.2. The number of nitrogens with one attached hydrogen (secondary N) is 1. The van der Waals surface area contributed by atoms with Crippen LogP contribution in [-0.2, 0) is 16.0 Å². The standard InChI is InChI=1S/C17H20FN3O3S.ClH/c1-2-24-16(22)9-13(11-3-5-12(18)6-4-11)21-17(23)14-10-25-15(20-14)7-8-19;/h3-6,10,13H,2,7-9,19H2,1H3,(H,21,23);1H. The highest BCUT2D eigenvalue weighted by Gasteiger charge is 2.21. The molecule has 1 aromatic heterocycles.